The van der Waals surface area contributed by atoms with E-state index in [2.05, 4.69) is 0 Å². The lowest BCUT2D eigenvalue weighted by Gasteiger charge is -2.24. The van der Waals surface area contributed by atoms with Gasteiger partial charge in [-0.05, 0) is 35.9 Å². The van der Waals surface area contributed by atoms with Gasteiger partial charge in [-0.25, -0.2) is 4.39 Å². The SMILES string of the molecule is O=C(c1cccc(F)c1)N(CC=Cc1ccccc1)c1ccc2c(c1)OCCO2. The summed E-state index contributed by atoms with van der Waals surface area (Å²) in [4.78, 5) is 14.8. The molecule has 1 amide bonds. The van der Waals surface area contributed by atoms with E-state index < -0.39 is 5.82 Å². The number of ether oxygens (including phenoxy) is 2. The van der Waals surface area contributed by atoms with Crippen LogP contribution in [0.2, 0.25) is 0 Å². The predicted octanol–water partition coefficient (Wildman–Crippen LogP) is 4.96. The monoisotopic (exact) mass is 389 g/mol. The van der Waals surface area contributed by atoms with Crippen molar-refractivity contribution in [3.63, 3.8) is 0 Å². The molecule has 4 nitrogen and oxygen atoms in total. The Hall–Kier alpha value is -3.60. The minimum atomic E-state index is -0.446. The lowest BCUT2D eigenvalue weighted by molar-refractivity contribution is 0.0989. The number of halogens is 1. The zero-order valence-electron chi connectivity index (χ0n) is 15.8. The summed E-state index contributed by atoms with van der Waals surface area (Å²) in [6, 6.07) is 20.9. The molecule has 29 heavy (non-hydrogen) atoms. The van der Waals surface area contributed by atoms with Gasteiger partial charge in [0, 0.05) is 23.9 Å². The van der Waals surface area contributed by atoms with E-state index in [0.717, 1.165) is 5.56 Å². The van der Waals surface area contributed by atoms with Gasteiger partial charge in [-0.2, -0.15) is 0 Å². The normalized spacial score (nSPS) is 12.7. The Labute approximate surface area is 168 Å². The second kappa shape index (κ2) is 8.61. The number of nitrogens with zero attached hydrogens (tertiary/aromatic N) is 1. The highest BCUT2D eigenvalue weighted by Crippen LogP contribution is 2.34. The van der Waals surface area contributed by atoms with Crippen molar-refractivity contribution < 1.29 is 18.7 Å². The highest BCUT2D eigenvalue weighted by atomic mass is 19.1. The van der Waals surface area contributed by atoms with Crippen LogP contribution >= 0.6 is 0 Å². The lowest BCUT2D eigenvalue weighted by atomic mass is 10.1. The van der Waals surface area contributed by atoms with Crippen LogP contribution in [-0.2, 0) is 0 Å². The van der Waals surface area contributed by atoms with E-state index in [4.69, 9.17) is 9.47 Å². The number of rotatable bonds is 5. The van der Waals surface area contributed by atoms with Crippen molar-refractivity contribution in [1.29, 1.82) is 0 Å². The van der Waals surface area contributed by atoms with Crippen molar-refractivity contribution in [2.45, 2.75) is 0 Å². The molecule has 0 spiro atoms. The maximum absolute atomic E-state index is 13.7. The zero-order valence-corrected chi connectivity index (χ0v) is 15.8. The highest BCUT2D eigenvalue weighted by molar-refractivity contribution is 6.06. The third-order valence-electron chi connectivity index (χ3n) is 4.55. The van der Waals surface area contributed by atoms with Gasteiger partial charge in [-0.1, -0.05) is 48.6 Å². The summed E-state index contributed by atoms with van der Waals surface area (Å²) >= 11 is 0. The van der Waals surface area contributed by atoms with E-state index in [0.29, 0.717) is 36.9 Å². The van der Waals surface area contributed by atoms with Crippen LogP contribution in [0, 0.1) is 5.82 Å². The second-order valence-electron chi connectivity index (χ2n) is 6.57. The fourth-order valence-corrected chi connectivity index (χ4v) is 3.14. The molecule has 0 unspecified atom stereocenters. The molecule has 5 heteroatoms. The van der Waals surface area contributed by atoms with Crippen molar-refractivity contribution in [1.82, 2.24) is 0 Å². The molecule has 1 aliphatic rings. The number of amides is 1. The second-order valence-corrected chi connectivity index (χ2v) is 6.57. The Balaban J connectivity index is 1.65. The van der Waals surface area contributed by atoms with Gasteiger partial charge >= 0.3 is 0 Å². The van der Waals surface area contributed by atoms with Gasteiger partial charge in [0.1, 0.15) is 19.0 Å². The molecule has 0 fully saturated rings. The molecule has 3 aromatic rings. The van der Waals surface area contributed by atoms with Crippen molar-refractivity contribution in [3.05, 3.63) is 95.8 Å². The summed E-state index contributed by atoms with van der Waals surface area (Å²) in [5.74, 6) is 0.507. The largest absolute Gasteiger partial charge is 0.486 e. The highest BCUT2D eigenvalue weighted by Gasteiger charge is 2.20. The van der Waals surface area contributed by atoms with E-state index in [1.165, 1.54) is 18.2 Å². The van der Waals surface area contributed by atoms with Gasteiger partial charge in [0.25, 0.3) is 5.91 Å². The minimum Gasteiger partial charge on any atom is -0.486 e. The Morgan fingerprint density at radius 1 is 0.931 bits per heavy atom. The molecule has 1 heterocycles. The molecule has 3 aromatic carbocycles. The average Bonchev–Trinajstić information content (AvgIpc) is 2.77. The van der Waals surface area contributed by atoms with Crippen LogP contribution in [0.1, 0.15) is 15.9 Å². The van der Waals surface area contributed by atoms with E-state index >= 15 is 0 Å². The van der Waals surface area contributed by atoms with Crippen LogP contribution in [0.5, 0.6) is 11.5 Å². The van der Waals surface area contributed by atoms with Gasteiger partial charge in [0.15, 0.2) is 11.5 Å². The standard InChI is InChI=1S/C24H20FNO3/c25-20-10-4-9-19(16-20)24(27)26(13-5-8-18-6-2-1-3-7-18)21-11-12-22-23(17-21)29-15-14-28-22/h1-12,16-17H,13-15H2. The Kier molecular flexibility index (Phi) is 5.56. The van der Waals surface area contributed by atoms with Crippen molar-refractivity contribution >= 4 is 17.7 Å². The van der Waals surface area contributed by atoms with Gasteiger partial charge in [0.05, 0.1) is 0 Å². The van der Waals surface area contributed by atoms with E-state index in [9.17, 15) is 9.18 Å². The molecule has 0 aromatic heterocycles. The number of carbonyl (C=O) groups excluding carboxylic acids is 1. The maximum atomic E-state index is 13.7. The predicted molar refractivity (Wildman–Crippen MR) is 111 cm³/mol. The summed E-state index contributed by atoms with van der Waals surface area (Å²) in [5, 5.41) is 0. The topological polar surface area (TPSA) is 38.8 Å². The molecule has 146 valence electrons. The number of hydrogen-bond donors (Lipinski definition) is 0. The van der Waals surface area contributed by atoms with E-state index in [-0.39, 0.29) is 11.5 Å². The first-order valence-electron chi connectivity index (χ1n) is 9.39. The summed E-state index contributed by atoms with van der Waals surface area (Å²) in [5.41, 5.74) is 1.97. The molecule has 0 bridgehead atoms. The molecule has 0 radical (unpaired) electrons. The van der Waals surface area contributed by atoms with Gasteiger partial charge < -0.3 is 14.4 Å². The van der Waals surface area contributed by atoms with E-state index in [1.807, 2.05) is 42.5 Å². The quantitative estimate of drug-likeness (QED) is 0.619. The lowest BCUT2D eigenvalue weighted by Crippen LogP contribution is -2.31. The molecular weight excluding hydrogens is 369 g/mol. The third-order valence-corrected chi connectivity index (χ3v) is 4.55. The summed E-state index contributed by atoms with van der Waals surface area (Å²) in [6.07, 6.45) is 3.85. The number of fused-ring (bicyclic) bond motifs is 1. The molecule has 0 N–H and O–H groups in total. The Bertz CT molecular complexity index is 1030. The third kappa shape index (κ3) is 4.46. The van der Waals surface area contributed by atoms with Crippen LogP contribution in [0.4, 0.5) is 10.1 Å². The Morgan fingerprint density at radius 2 is 1.72 bits per heavy atom. The molecule has 0 atom stereocenters. The molecule has 1 aliphatic heterocycles. The molecular formula is C24H20FNO3. The fraction of sp³-hybridized carbons (Fsp3) is 0.125. The summed E-state index contributed by atoms with van der Waals surface area (Å²) in [7, 11) is 0. The minimum absolute atomic E-state index is 0.285. The molecule has 4 rings (SSSR count). The van der Waals surface area contributed by atoms with Crippen LogP contribution in [0.3, 0.4) is 0 Å². The Morgan fingerprint density at radius 3 is 2.52 bits per heavy atom. The van der Waals surface area contributed by atoms with E-state index in [1.54, 1.807) is 29.2 Å². The van der Waals surface area contributed by atoms with Gasteiger partial charge in [0.2, 0.25) is 0 Å². The summed E-state index contributed by atoms with van der Waals surface area (Å²) < 4.78 is 24.9. The van der Waals surface area contributed by atoms with Crippen molar-refractivity contribution in [3.8, 4) is 11.5 Å². The average molecular weight is 389 g/mol. The van der Waals surface area contributed by atoms with Crippen molar-refractivity contribution in [2.75, 3.05) is 24.7 Å². The zero-order chi connectivity index (χ0) is 20.1. The van der Waals surface area contributed by atoms with Gasteiger partial charge in [-0.3, -0.25) is 4.79 Å². The maximum Gasteiger partial charge on any atom is 0.258 e. The first-order valence-corrected chi connectivity index (χ1v) is 9.39. The first kappa shape index (κ1) is 18.7. The summed E-state index contributed by atoms with van der Waals surface area (Å²) in [6.45, 7) is 1.28. The number of benzene rings is 3. The van der Waals surface area contributed by atoms with Crippen molar-refractivity contribution in [2.24, 2.45) is 0 Å². The number of carbonyl (C=O) groups is 1. The van der Waals surface area contributed by atoms with Crippen LogP contribution in [-0.4, -0.2) is 25.7 Å². The fourth-order valence-electron chi connectivity index (χ4n) is 3.14. The number of anilines is 1. The van der Waals surface area contributed by atoms with Crippen LogP contribution < -0.4 is 14.4 Å². The molecule has 0 saturated carbocycles. The molecule has 0 saturated heterocycles. The molecule has 0 aliphatic carbocycles. The van der Waals surface area contributed by atoms with Crippen LogP contribution in [0.15, 0.2) is 78.9 Å². The van der Waals surface area contributed by atoms with Gasteiger partial charge in [-0.15, -0.1) is 0 Å². The number of hydrogen-bond acceptors (Lipinski definition) is 3. The smallest absolute Gasteiger partial charge is 0.258 e. The van der Waals surface area contributed by atoms with Crippen LogP contribution in [0.25, 0.3) is 6.08 Å². The first-order chi connectivity index (χ1) is 14.2.